The molecule has 0 aromatic heterocycles. The van der Waals surface area contributed by atoms with Gasteiger partial charge in [0.15, 0.2) is 0 Å². The molecular formula is C20H38FeO2. The van der Waals surface area contributed by atoms with E-state index in [0.717, 1.165) is 12.3 Å². The minimum Gasteiger partial charge on any atom is -0.462 e. The monoisotopic (exact) mass is 366 g/mol. The molecule has 138 valence electrons. The summed E-state index contributed by atoms with van der Waals surface area (Å²) >= 11 is 0. The van der Waals surface area contributed by atoms with Crippen LogP contribution in [-0.2, 0) is 26.6 Å². The first kappa shape index (κ1) is 27.6. The van der Waals surface area contributed by atoms with Crippen LogP contribution in [0.3, 0.4) is 0 Å². The van der Waals surface area contributed by atoms with Crippen LogP contribution >= 0.6 is 0 Å². The molecule has 2 nitrogen and oxygen atoms in total. The Kier molecular flexibility index (Phi) is 21.7. The number of carbonyl (C=O) groups is 1. The van der Waals surface area contributed by atoms with Crippen molar-refractivity contribution in [3.63, 3.8) is 0 Å². The zero-order valence-electron chi connectivity index (χ0n) is 15.6. The Morgan fingerprint density at radius 1 is 0.957 bits per heavy atom. The summed E-state index contributed by atoms with van der Waals surface area (Å²) in [7, 11) is 0. The summed E-state index contributed by atoms with van der Waals surface area (Å²) in [6.07, 6.45) is 16.6. The van der Waals surface area contributed by atoms with Gasteiger partial charge in [0, 0.05) is 5.57 Å². The smallest absolute Gasteiger partial charge is 0.462 e. The van der Waals surface area contributed by atoms with Crippen molar-refractivity contribution in [2.45, 2.75) is 84.0 Å². The molecule has 23 heavy (non-hydrogen) atoms. The predicted octanol–water partition coefficient (Wildman–Crippen LogP) is 6.31. The molecule has 2 aliphatic carbocycles. The van der Waals surface area contributed by atoms with Crippen LogP contribution in [0, 0.1) is 20.8 Å². The molecule has 0 bridgehead atoms. The molecule has 2 saturated carbocycles. The summed E-state index contributed by atoms with van der Waals surface area (Å²) in [5.74, 6) is 0.692. The molecular weight excluding hydrogens is 328 g/mol. The summed E-state index contributed by atoms with van der Waals surface area (Å²) in [6.45, 7) is 5.78. The molecule has 0 spiro atoms. The molecule has 0 unspecified atom stereocenters. The van der Waals surface area contributed by atoms with E-state index in [1.807, 2.05) is 0 Å². The molecule has 3 heteroatoms. The van der Waals surface area contributed by atoms with Crippen molar-refractivity contribution >= 4 is 5.97 Å². The molecule has 0 radical (unpaired) electrons. The van der Waals surface area contributed by atoms with Gasteiger partial charge in [0.1, 0.15) is 0 Å². The van der Waals surface area contributed by atoms with Gasteiger partial charge in [-0.3, -0.25) is 0 Å². The van der Waals surface area contributed by atoms with Gasteiger partial charge < -0.3 is 19.6 Å². The SMILES string of the molecule is C1CCCC1.C=C(C)C(=O)OCCCCC1CCCC1.[CH3-].[CH3-].[Fe+2]. The van der Waals surface area contributed by atoms with Gasteiger partial charge in [-0.2, -0.15) is 0 Å². The van der Waals surface area contributed by atoms with Crippen LogP contribution in [0.25, 0.3) is 0 Å². The maximum absolute atomic E-state index is 11.0. The van der Waals surface area contributed by atoms with E-state index in [1.54, 1.807) is 6.92 Å². The Labute approximate surface area is 156 Å². The van der Waals surface area contributed by atoms with Gasteiger partial charge >= 0.3 is 23.0 Å². The van der Waals surface area contributed by atoms with E-state index in [9.17, 15) is 4.79 Å². The van der Waals surface area contributed by atoms with E-state index in [0.29, 0.717) is 12.2 Å². The van der Waals surface area contributed by atoms with Gasteiger partial charge in [-0.15, -0.1) is 0 Å². The van der Waals surface area contributed by atoms with E-state index in [2.05, 4.69) is 6.58 Å². The number of carbonyl (C=O) groups excluding carboxylic acids is 1. The molecule has 0 heterocycles. The van der Waals surface area contributed by atoms with Gasteiger partial charge in [0.2, 0.25) is 0 Å². The van der Waals surface area contributed by atoms with Gasteiger partial charge in [0.05, 0.1) is 6.61 Å². The van der Waals surface area contributed by atoms with Crippen LogP contribution in [-0.4, -0.2) is 12.6 Å². The number of unbranched alkanes of at least 4 members (excludes halogenated alkanes) is 1. The number of ether oxygens (including phenoxy) is 1. The van der Waals surface area contributed by atoms with Crippen LogP contribution in [0.15, 0.2) is 12.2 Å². The van der Waals surface area contributed by atoms with Crippen molar-refractivity contribution < 1.29 is 26.6 Å². The predicted molar refractivity (Wildman–Crippen MR) is 97.5 cm³/mol. The van der Waals surface area contributed by atoms with Gasteiger partial charge in [-0.25, -0.2) is 4.79 Å². The Morgan fingerprint density at radius 3 is 1.87 bits per heavy atom. The second kappa shape index (κ2) is 18.1. The van der Waals surface area contributed by atoms with Crippen LogP contribution in [0.4, 0.5) is 0 Å². The molecule has 0 aliphatic heterocycles. The minimum atomic E-state index is -0.254. The second-order valence-electron chi connectivity index (χ2n) is 6.33. The first-order chi connectivity index (χ1) is 9.70. The molecule has 0 aromatic carbocycles. The largest absolute Gasteiger partial charge is 2.00 e. The van der Waals surface area contributed by atoms with Crippen molar-refractivity contribution in [3.8, 4) is 0 Å². The average Bonchev–Trinajstić information content (AvgIpc) is 3.14. The van der Waals surface area contributed by atoms with Crippen molar-refractivity contribution in [1.82, 2.24) is 0 Å². The number of esters is 1. The third-order valence-corrected chi connectivity index (χ3v) is 4.31. The van der Waals surface area contributed by atoms with Crippen LogP contribution in [0.2, 0.25) is 0 Å². The van der Waals surface area contributed by atoms with E-state index in [-0.39, 0.29) is 37.9 Å². The zero-order valence-corrected chi connectivity index (χ0v) is 16.8. The summed E-state index contributed by atoms with van der Waals surface area (Å²) in [5.41, 5.74) is 0.491. The molecule has 0 atom stereocenters. The topological polar surface area (TPSA) is 26.3 Å². The van der Waals surface area contributed by atoms with Crippen LogP contribution in [0.5, 0.6) is 0 Å². The van der Waals surface area contributed by atoms with Crippen LogP contribution in [0.1, 0.15) is 84.0 Å². The maximum Gasteiger partial charge on any atom is 2.00 e. The average molecular weight is 366 g/mol. The summed E-state index contributed by atoms with van der Waals surface area (Å²) in [6, 6.07) is 0. The van der Waals surface area contributed by atoms with E-state index in [4.69, 9.17) is 4.74 Å². The van der Waals surface area contributed by atoms with Crippen molar-refractivity contribution in [2.24, 2.45) is 5.92 Å². The first-order valence-electron chi connectivity index (χ1n) is 8.53. The number of hydrogen-bond acceptors (Lipinski definition) is 2. The second-order valence-corrected chi connectivity index (χ2v) is 6.33. The molecule has 2 rings (SSSR count). The molecule has 2 aliphatic rings. The fraction of sp³-hybridized carbons (Fsp3) is 0.750. The number of rotatable bonds is 6. The molecule has 0 N–H and O–H groups in total. The number of hydrogen-bond donors (Lipinski definition) is 0. The quantitative estimate of drug-likeness (QED) is 0.181. The Morgan fingerprint density at radius 2 is 1.43 bits per heavy atom. The Balaban J connectivity index is -0.000000431. The molecule has 0 amide bonds. The van der Waals surface area contributed by atoms with Crippen molar-refractivity contribution in [1.29, 1.82) is 0 Å². The van der Waals surface area contributed by atoms with Gasteiger partial charge in [-0.05, 0) is 25.7 Å². The van der Waals surface area contributed by atoms with Crippen molar-refractivity contribution in [2.75, 3.05) is 6.61 Å². The van der Waals surface area contributed by atoms with E-state index < -0.39 is 0 Å². The zero-order chi connectivity index (χ0) is 14.6. The maximum atomic E-state index is 11.0. The van der Waals surface area contributed by atoms with Crippen molar-refractivity contribution in [3.05, 3.63) is 27.0 Å². The normalized spacial score (nSPS) is 16.0. The van der Waals surface area contributed by atoms with E-state index >= 15 is 0 Å². The third-order valence-electron chi connectivity index (χ3n) is 4.31. The molecule has 0 saturated heterocycles. The molecule has 2 fully saturated rings. The molecule has 0 aromatic rings. The Bertz CT molecular complexity index is 272. The third kappa shape index (κ3) is 15.0. The summed E-state index contributed by atoms with van der Waals surface area (Å²) in [5, 5.41) is 0. The Hall–Kier alpha value is -0.271. The van der Waals surface area contributed by atoms with Gasteiger partial charge in [0.25, 0.3) is 0 Å². The van der Waals surface area contributed by atoms with Gasteiger partial charge in [-0.1, -0.05) is 70.8 Å². The summed E-state index contributed by atoms with van der Waals surface area (Å²) in [4.78, 5) is 11.0. The summed E-state index contributed by atoms with van der Waals surface area (Å²) < 4.78 is 5.03. The van der Waals surface area contributed by atoms with E-state index in [1.165, 1.54) is 70.6 Å². The fourth-order valence-electron chi connectivity index (χ4n) is 3.01. The standard InChI is InChI=1S/C13H22O2.C5H10.2CH3.Fe/c1-11(2)13(14)15-10-6-5-9-12-7-3-4-8-12;1-2-4-5-3-1;;;/h12H,1,3-10H2,2H3;1-5H2;2*1H3;/q;;2*-1;+2. The fourth-order valence-corrected chi connectivity index (χ4v) is 3.01. The minimum absolute atomic E-state index is 0. The first-order valence-corrected chi connectivity index (χ1v) is 8.53. The van der Waals surface area contributed by atoms with Crippen LogP contribution < -0.4 is 0 Å².